The average molecular weight is 374 g/mol. The molecule has 0 aliphatic rings. The first-order chi connectivity index (χ1) is 12.5. The molecule has 0 aliphatic carbocycles. The monoisotopic (exact) mass is 373 g/mol. The van der Waals surface area contributed by atoms with Gasteiger partial charge in [0.15, 0.2) is 0 Å². The van der Waals surface area contributed by atoms with Crippen molar-refractivity contribution in [1.29, 1.82) is 0 Å². The molecule has 4 nitrogen and oxygen atoms in total. The topological polar surface area (TPSA) is 53.7 Å². The van der Waals surface area contributed by atoms with Crippen molar-refractivity contribution < 1.29 is 18.7 Å². The van der Waals surface area contributed by atoms with E-state index in [0.717, 1.165) is 11.1 Å². The van der Waals surface area contributed by atoms with Crippen LogP contribution >= 0.6 is 11.6 Å². The molecule has 134 valence electrons. The van der Waals surface area contributed by atoms with Crippen LogP contribution in [0.15, 0.2) is 65.1 Å². The van der Waals surface area contributed by atoms with Crippen molar-refractivity contribution >= 4 is 17.6 Å². The molecule has 1 N–H and O–H groups in total. The van der Waals surface area contributed by atoms with E-state index in [1.165, 1.54) is 18.2 Å². The number of carboxylic acids is 1. The summed E-state index contributed by atoms with van der Waals surface area (Å²) in [5.41, 5.74) is 1.86. The van der Waals surface area contributed by atoms with E-state index in [1.807, 2.05) is 35.2 Å². The SMILES string of the molecule is O=C(O)c1ccc(CN(Cc2ccc(Cl)cc2)Cc2cccc(F)c2)o1. The van der Waals surface area contributed by atoms with Gasteiger partial charge in [-0.15, -0.1) is 0 Å². The summed E-state index contributed by atoms with van der Waals surface area (Å²) in [7, 11) is 0. The van der Waals surface area contributed by atoms with Gasteiger partial charge in [-0.25, -0.2) is 9.18 Å². The molecule has 3 rings (SSSR count). The summed E-state index contributed by atoms with van der Waals surface area (Å²) < 4.78 is 18.8. The molecule has 26 heavy (non-hydrogen) atoms. The van der Waals surface area contributed by atoms with Crippen LogP contribution in [0.1, 0.15) is 27.4 Å². The lowest BCUT2D eigenvalue weighted by Crippen LogP contribution is -2.22. The smallest absolute Gasteiger partial charge is 0.371 e. The first-order valence-corrected chi connectivity index (χ1v) is 8.40. The Morgan fingerprint density at radius 1 is 1.00 bits per heavy atom. The summed E-state index contributed by atoms with van der Waals surface area (Å²) in [6.45, 7) is 1.46. The number of carboxylic acid groups (broad SMARTS) is 1. The van der Waals surface area contributed by atoms with Crippen LogP contribution in [-0.4, -0.2) is 16.0 Å². The second kappa shape index (κ2) is 8.17. The van der Waals surface area contributed by atoms with Crippen LogP contribution < -0.4 is 0 Å². The minimum Gasteiger partial charge on any atom is -0.475 e. The molecule has 1 aromatic heterocycles. The molecular weight excluding hydrogens is 357 g/mol. The quantitative estimate of drug-likeness (QED) is 0.635. The van der Waals surface area contributed by atoms with Gasteiger partial charge in [-0.1, -0.05) is 35.9 Å². The van der Waals surface area contributed by atoms with Gasteiger partial charge in [0, 0.05) is 18.1 Å². The normalized spacial score (nSPS) is 11.0. The summed E-state index contributed by atoms with van der Waals surface area (Å²) >= 11 is 5.93. The van der Waals surface area contributed by atoms with Gasteiger partial charge in [0.25, 0.3) is 0 Å². The van der Waals surface area contributed by atoms with Crippen LogP contribution in [0.2, 0.25) is 5.02 Å². The number of hydrogen-bond donors (Lipinski definition) is 1. The zero-order chi connectivity index (χ0) is 18.5. The van der Waals surface area contributed by atoms with Crippen molar-refractivity contribution in [1.82, 2.24) is 4.90 Å². The number of benzene rings is 2. The number of aromatic carboxylic acids is 1. The minimum atomic E-state index is -1.11. The molecule has 0 amide bonds. The van der Waals surface area contributed by atoms with Crippen molar-refractivity contribution in [2.45, 2.75) is 19.6 Å². The largest absolute Gasteiger partial charge is 0.475 e. The van der Waals surface area contributed by atoms with Crippen LogP contribution in [0.3, 0.4) is 0 Å². The molecule has 1 heterocycles. The third-order valence-electron chi connectivity index (χ3n) is 3.87. The van der Waals surface area contributed by atoms with E-state index in [2.05, 4.69) is 0 Å². The van der Waals surface area contributed by atoms with E-state index in [9.17, 15) is 9.18 Å². The predicted molar refractivity (Wildman–Crippen MR) is 96.5 cm³/mol. The van der Waals surface area contributed by atoms with E-state index < -0.39 is 5.97 Å². The highest BCUT2D eigenvalue weighted by molar-refractivity contribution is 6.30. The van der Waals surface area contributed by atoms with Crippen molar-refractivity contribution in [3.05, 3.63) is 94.2 Å². The Labute approximate surface area is 155 Å². The first-order valence-electron chi connectivity index (χ1n) is 8.03. The second-order valence-electron chi connectivity index (χ2n) is 5.97. The molecule has 0 bridgehead atoms. The van der Waals surface area contributed by atoms with Gasteiger partial charge < -0.3 is 9.52 Å². The van der Waals surface area contributed by atoms with Crippen LogP contribution in [0.5, 0.6) is 0 Å². The fourth-order valence-corrected chi connectivity index (χ4v) is 2.83. The Balaban J connectivity index is 1.79. The van der Waals surface area contributed by atoms with Gasteiger partial charge in [-0.05, 0) is 47.5 Å². The van der Waals surface area contributed by atoms with Crippen LogP contribution in [0.25, 0.3) is 0 Å². The molecule has 2 aromatic carbocycles. The van der Waals surface area contributed by atoms with E-state index in [4.69, 9.17) is 21.1 Å². The zero-order valence-corrected chi connectivity index (χ0v) is 14.6. The standard InChI is InChI=1S/C20H17ClFNO3/c21-16-6-4-14(5-7-16)11-23(12-15-2-1-3-17(22)10-15)13-18-8-9-19(26-18)20(24)25/h1-10H,11-13H2,(H,24,25). The van der Waals surface area contributed by atoms with E-state index >= 15 is 0 Å². The summed E-state index contributed by atoms with van der Waals surface area (Å²) in [6, 6.07) is 16.9. The van der Waals surface area contributed by atoms with Crippen LogP contribution in [0, 0.1) is 5.82 Å². The van der Waals surface area contributed by atoms with E-state index in [1.54, 1.807) is 12.1 Å². The van der Waals surface area contributed by atoms with E-state index in [0.29, 0.717) is 30.4 Å². The lowest BCUT2D eigenvalue weighted by Gasteiger charge is -2.21. The number of carbonyl (C=O) groups is 1. The second-order valence-corrected chi connectivity index (χ2v) is 6.41. The van der Waals surface area contributed by atoms with Crippen molar-refractivity contribution in [2.75, 3.05) is 0 Å². The molecule has 0 unspecified atom stereocenters. The van der Waals surface area contributed by atoms with Gasteiger partial charge in [-0.2, -0.15) is 0 Å². The lowest BCUT2D eigenvalue weighted by molar-refractivity contribution is 0.0658. The number of rotatable bonds is 7. The van der Waals surface area contributed by atoms with Crippen LogP contribution in [-0.2, 0) is 19.6 Å². The molecule has 0 radical (unpaired) electrons. The minimum absolute atomic E-state index is 0.0998. The Morgan fingerprint density at radius 2 is 1.73 bits per heavy atom. The van der Waals surface area contributed by atoms with Gasteiger partial charge in [0.1, 0.15) is 11.6 Å². The average Bonchev–Trinajstić information content (AvgIpc) is 3.06. The highest BCUT2D eigenvalue weighted by Crippen LogP contribution is 2.18. The Hall–Kier alpha value is -2.63. The molecule has 0 saturated carbocycles. The molecule has 0 spiro atoms. The molecule has 3 aromatic rings. The number of furan rings is 1. The maximum Gasteiger partial charge on any atom is 0.371 e. The van der Waals surface area contributed by atoms with Gasteiger partial charge >= 0.3 is 5.97 Å². The Bertz CT molecular complexity index is 892. The van der Waals surface area contributed by atoms with Gasteiger partial charge in [0.05, 0.1) is 6.54 Å². The molecule has 0 aliphatic heterocycles. The fraction of sp³-hybridized carbons (Fsp3) is 0.150. The van der Waals surface area contributed by atoms with Gasteiger partial charge in [0.2, 0.25) is 5.76 Å². The number of hydrogen-bond acceptors (Lipinski definition) is 3. The van der Waals surface area contributed by atoms with Crippen molar-refractivity contribution in [3.8, 4) is 0 Å². The number of halogens is 2. The molecule has 0 saturated heterocycles. The predicted octanol–water partition coefficient (Wildman–Crippen LogP) is 4.97. The van der Waals surface area contributed by atoms with Crippen molar-refractivity contribution in [2.24, 2.45) is 0 Å². The zero-order valence-electron chi connectivity index (χ0n) is 13.9. The van der Waals surface area contributed by atoms with Crippen molar-refractivity contribution in [3.63, 3.8) is 0 Å². The highest BCUT2D eigenvalue weighted by atomic mass is 35.5. The third-order valence-corrected chi connectivity index (χ3v) is 4.12. The van der Waals surface area contributed by atoms with Crippen LogP contribution in [0.4, 0.5) is 4.39 Å². The highest BCUT2D eigenvalue weighted by Gasteiger charge is 2.14. The van der Waals surface area contributed by atoms with Gasteiger partial charge in [-0.3, -0.25) is 4.90 Å². The third kappa shape index (κ3) is 4.94. The Kier molecular flexibility index (Phi) is 5.71. The van der Waals surface area contributed by atoms with E-state index in [-0.39, 0.29) is 11.6 Å². The number of nitrogens with zero attached hydrogens (tertiary/aromatic N) is 1. The molecule has 0 fully saturated rings. The maximum atomic E-state index is 13.5. The maximum absolute atomic E-state index is 13.5. The first kappa shape index (κ1) is 18.2. The summed E-state index contributed by atoms with van der Waals surface area (Å²) in [6.07, 6.45) is 0. The lowest BCUT2D eigenvalue weighted by atomic mass is 10.1. The molecular formula is C20H17ClFNO3. The summed E-state index contributed by atoms with van der Waals surface area (Å²) in [5.74, 6) is -0.962. The molecule has 0 atom stereocenters. The summed E-state index contributed by atoms with van der Waals surface area (Å²) in [5, 5.41) is 9.65. The molecule has 6 heteroatoms. The summed E-state index contributed by atoms with van der Waals surface area (Å²) in [4.78, 5) is 13.0. The fourth-order valence-electron chi connectivity index (χ4n) is 2.71. The Morgan fingerprint density at radius 3 is 2.38 bits per heavy atom.